The van der Waals surface area contributed by atoms with Crippen molar-refractivity contribution in [2.24, 2.45) is 5.92 Å². The van der Waals surface area contributed by atoms with Crippen molar-refractivity contribution in [1.82, 2.24) is 10.1 Å². The van der Waals surface area contributed by atoms with Gasteiger partial charge in [-0.15, -0.1) is 0 Å². The molecule has 0 saturated carbocycles. The maximum Gasteiger partial charge on any atom is 0.335 e. The number of aromatic nitrogens is 1. The van der Waals surface area contributed by atoms with E-state index in [-0.39, 0.29) is 11.3 Å². The Kier molecular flexibility index (Phi) is 5.35. The van der Waals surface area contributed by atoms with Crippen LogP contribution in [0.25, 0.3) is 0 Å². The summed E-state index contributed by atoms with van der Waals surface area (Å²) in [4.78, 5) is 25.8. The summed E-state index contributed by atoms with van der Waals surface area (Å²) >= 11 is 0. The minimum Gasteiger partial charge on any atom is -0.478 e. The predicted octanol–water partition coefficient (Wildman–Crippen LogP) is 3.77. The number of benzene rings is 1. The molecule has 1 amide bonds. The van der Waals surface area contributed by atoms with Crippen molar-refractivity contribution in [1.29, 1.82) is 0 Å². The highest BCUT2D eigenvalue weighted by molar-refractivity contribution is 5.92. The fraction of sp³-hybridized carbons (Fsp3) is 0.476. The molecule has 1 N–H and O–H groups in total. The lowest BCUT2D eigenvalue weighted by atomic mass is 9.88. The van der Waals surface area contributed by atoms with Gasteiger partial charge in [0.05, 0.1) is 5.56 Å². The molecular weight excluding hydrogens is 344 g/mol. The van der Waals surface area contributed by atoms with Gasteiger partial charge >= 0.3 is 5.97 Å². The van der Waals surface area contributed by atoms with Crippen molar-refractivity contribution in [3.63, 3.8) is 0 Å². The monoisotopic (exact) mass is 370 g/mol. The van der Waals surface area contributed by atoms with E-state index in [0.29, 0.717) is 36.0 Å². The number of piperidine rings is 1. The molecule has 144 valence electrons. The van der Waals surface area contributed by atoms with Gasteiger partial charge < -0.3 is 14.5 Å². The lowest BCUT2D eigenvalue weighted by Gasteiger charge is -2.31. The third-order valence-electron chi connectivity index (χ3n) is 5.13. The van der Waals surface area contributed by atoms with Gasteiger partial charge in [-0.2, -0.15) is 0 Å². The van der Waals surface area contributed by atoms with E-state index in [1.807, 2.05) is 37.8 Å². The van der Waals surface area contributed by atoms with E-state index >= 15 is 0 Å². The molecule has 1 aliphatic heterocycles. The molecule has 1 saturated heterocycles. The van der Waals surface area contributed by atoms with Crippen LogP contribution in [-0.2, 0) is 11.8 Å². The molecule has 27 heavy (non-hydrogen) atoms. The van der Waals surface area contributed by atoms with E-state index in [9.17, 15) is 14.7 Å². The van der Waals surface area contributed by atoms with Gasteiger partial charge in [0.15, 0.2) is 5.69 Å². The molecule has 1 aliphatic rings. The summed E-state index contributed by atoms with van der Waals surface area (Å²) in [5.74, 6) is 0.0838. The van der Waals surface area contributed by atoms with Gasteiger partial charge in [0, 0.05) is 24.6 Å². The summed E-state index contributed by atoms with van der Waals surface area (Å²) in [6, 6.07) is 8.88. The van der Waals surface area contributed by atoms with E-state index in [1.165, 1.54) is 0 Å². The lowest BCUT2D eigenvalue weighted by Crippen LogP contribution is -2.39. The van der Waals surface area contributed by atoms with Crippen molar-refractivity contribution in [3.8, 4) is 0 Å². The highest BCUT2D eigenvalue weighted by Crippen LogP contribution is 2.26. The summed E-state index contributed by atoms with van der Waals surface area (Å²) in [6.45, 7) is 7.35. The minimum absolute atomic E-state index is 0.0985. The van der Waals surface area contributed by atoms with Gasteiger partial charge in [-0.3, -0.25) is 4.79 Å². The third-order valence-corrected chi connectivity index (χ3v) is 5.13. The highest BCUT2D eigenvalue weighted by Gasteiger charge is 2.28. The molecule has 0 aliphatic carbocycles. The van der Waals surface area contributed by atoms with Crippen molar-refractivity contribution < 1.29 is 19.2 Å². The van der Waals surface area contributed by atoms with Gasteiger partial charge in [0.25, 0.3) is 5.91 Å². The Balaban J connectivity index is 1.60. The van der Waals surface area contributed by atoms with Gasteiger partial charge in [-0.25, -0.2) is 4.79 Å². The number of rotatable bonds is 4. The molecule has 0 atom stereocenters. The molecule has 0 unspecified atom stereocenters. The number of amides is 1. The Bertz CT molecular complexity index is 827. The zero-order valence-electron chi connectivity index (χ0n) is 16.1. The van der Waals surface area contributed by atoms with Crippen LogP contribution in [0.2, 0.25) is 0 Å². The second-order valence-electron chi connectivity index (χ2n) is 8.23. The summed E-state index contributed by atoms with van der Waals surface area (Å²) in [6.07, 6.45) is 2.43. The summed E-state index contributed by atoms with van der Waals surface area (Å²) in [5, 5.41) is 13.3. The molecule has 2 aromatic rings. The summed E-state index contributed by atoms with van der Waals surface area (Å²) < 4.78 is 5.32. The van der Waals surface area contributed by atoms with Crippen molar-refractivity contribution in [2.45, 2.75) is 45.4 Å². The van der Waals surface area contributed by atoms with Crippen LogP contribution in [0.3, 0.4) is 0 Å². The second-order valence-corrected chi connectivity index (χ2v) is 8.23. The SMILES string of the molecule is CC(C)(C)c1cc(C(=O)N2CCC(Cc3ccccc3C(=O)O)CC2)no1. The minimum atomic E-state index is -0.890. The number of carbonyl (C=O) groups excluding carboxylic acids is 1. The average molecular weight is 370 g/mol. The number of nitrogens with zero attached hydrogens (tertiary/aromatic N) is 2. The quantitative estimate of drug-likeness (QED) is 0.886. The van der Waals surface area contributed by atoms with Crippen LogP contribution in [0.4, 0.5) is 0 Å². The van der Waals surface area contributed by atoms with Crippen LogP contribution in [0, 0.1) is 5.92 Å². The fourth-order valence-corrected chi connectivity index (χ4v) is 3.45. The highest BCUT2D eigenvalue weighted by atomic mass is 16.5. The second kappa shape index (κ2) is 7.55. The smallest absolute Gasteiger partial charge is 0.335 e. The Hall–Kier alpha value is -2.63. The summed E-state index contributed by atoms with van der Waals surface area (Å²) in [5.41, 5.74) is 1.40. The largest absolute Gasteiger partial charge is 0.478 e. The van der Waals surface area contributed by atoms with Gasteiger partial charge in [-0.05, 0) is 36.8 Å². The Labute approximate surface area is 159 Å². The molecule has 0 bridgehead atoms. The number of carboxylic acid groups (broad SMARTS) is 1. The normalized spacial score (nSPS) is 15.7. The predicted molar refractivity (Wildman–Crippen MR) is 101 cm³/mol. The van der Waals surface area contributed by atoms with Crippen LogP contribution < -0.4 is 0 Å². The molecular formula is C21H26N2O4. The molecule has 1 aromatic carbocycles. The van der Waals surface area contributed by atoms with E-state index < -0.39 is 5.97 Å². The van der Waals surface area contributed by atoms with Crippen molar-refractivity contribution in [2.75, 3.05) is 13.1 Å². The number of hydrogen-bond acceptors (Lipinski definition) is 4. The number of hydrogen-bond donors (Lipinski definition) is 1. The van der Waals surface area contributed by atoms with E-state index in [0.717, 1.165) is 24.8 Å². The van der Waals surface area contributed by atoms with Crippen molar-refractivity contribution in [3.05, 3.63) is 52.9 Å². The van der Waals surface area contributed by atoms with Gasteiger partial charge in [0.1, 0.15) is 5.76 Å². The van der Waals surface area contributed by atoms with Crippen LogP contribution in [0.1, 0.15) is 65.8 Å². The third kappa shape index (κ3) is 4.38. The topological polar surface area (TPSA) is 83.6 Å². The molecule has 0 spiro atoms. The lowest BCUT2D eigenvalue weighted by molar-refractivity contribution is 0.0680. The zero-order chi connectivity index (χ0) is 19.6. The standard InChI is InChI=1S/C21H26N2O4/c1-21(2,3)18-13-17(22-27-18)19(24)23-10-8-14(9-11-23)12-15-6-4-5-7-16(15)20(25)26/h4-7,13-14H,8-12H2,1-3H3,(H,25,26). The number of likely N-dealkylation sites (tertiary alicyclic amines) is 1. The molecule has 1 fully saturated rings. The fourth-order valence-electron chi connectivity index (χ4n) is 3.45. The molecule has 6 heteroatoms. The Morgan fingerprint density at radius 3 is 2.48 bits per heavy atom. The average Bonchev–Trinajstić information content (AvgIpc) is 3.12. The maximum absolute atomic E-state index is 12.7. The van der Waals surface area contributed by atoms with Crippen molar-refractivity contribution >= 4 is 11.9 Å². The van der Waals surface area contributed by atoms with E-state index in [2.05, 4.69) is 5.16 Å². The first-order chi connectivity index (χ1) is 12.8. The Morgan fingerprint density at radius 2 is 1.89 bits per heavy atom. The van der Waals surface area contributed by atoms with E-state index in [1.54, 1.807) is 18.2 Å². The van der Waals surface area contributed by atoms with Gasteiger partial charge in [0.2, 0.25) is 0 Å². The first-order valence-electron chi connectivity index (χ1n) is 9.33. The van der Waals surface area contributed by atoms with Crippen LogP contribution in [-0.4, -0.2) is 40.1 Å². The molecule has 6 nitrogen and oxygen atoms in total. The molecule has 1 aromatic heterocycles. The first kappa shape index (κ1) is 19.1. The van der Waals surface area contributed by atoms with Crippen LogP contribution >= 0.6 is 0 Å². The molecule has 3 rings (SSSR count). The van der Waals surface area contributed by atoms with Crippen LogP contribution in [0.15, 0.2) is 34.9 Å². The molecule has 2 heterocycles. The zero-order valence-corrected chi connectivity index (χ0v) is 16.1. The number of carbonyl (C=O) groups is 2. The van der Waals surface area contributed by atoms with E-state index in [4.69, 9.17) is 4.52 Å². The maximum atomic E-state index is 12.7. The number of aromatic carboxylic acids is 1. The molecule has 0 radical (unpaired) electrons. The first-order valence-corrected chi connectivity index (χ1v) is 9.33. The summed E-state index contributed by atoms with van der Waals surface area (Å²) in [7, 11) is 0. The Morgan fingerprint density at radius 1 is 1.22 bits per heavy atom. The van der Waals surface area contributed by atoms with Crippen LogP contribution in [0.5, 0.6) is 0 Å². The van der Waals surface area contributed by atoms with Gasteiger partial charge in [-0.1, -0.05) is 44.1 Å². The number of carboxylic acids is 1.